The minimum absolute atomic E-state index is 0.0454. The molecule has 194 valence electrons. The van der Waals surface area contributed by atoms with Crippen LogP contribution in [-0.2, 0) is 14.3 Å². The van der Waals surface area contributed by atoms with Crippen LogP contribution in [-0.4, -0.2) is 46.5 Å². The number of carbonyl (C=O) groups excluding carboxylic acids is 4. The van der Waals surface area contributed by atoms with Crippen LogP contribution in [0.5, 0.6) is 0 Å². The first-order valence-electron chi connectivity index (χ1n) is 12.2. The van der Waals surface area contributed by atoms with Gasteiger partial charge in [-0.3, -0.25) is 24.5 Å². The number of Topliss-reactive ketones (excluding diaryl/α,β-unsaturated/α-hetero) is 1. The van der Waals surface area contributed by atoms with Crippen LogP contribution in [0, 0.1) is 22.0 Å². The van der Waals surface area contributed by atoms with Gasteiger partial charge >= 0.3 is 5.97 Å². The number of amides is 2. The molecule has 10 nitrogen and oxygen atoms in total. The fourth-order valence-corrected chi connectivity index (χ4v) is 5.99. The van der Waals surface area contributed by atoms with Crippen LogP contribution < -0.4 is 4.90 Å². The van der Waals surface area contributed by atoms with E-state index in [4.69, 9.17) is 4.74 Å². The Bertz CT molecular complexity index is 1610. The first-order valence-corrected chi connectivity index (χ1v) is 12.2. The maximum absolute atomic E-state index is 14.1. The smallest absolute Gasteiger partial charge is 0.339 e. The molecular weight excluding hydrogens is 502 g/mol. The average molecular weight is 524 g/mol. The van der Waals surface area contributed by atoms with Gasteiger partial charge in [0.25, 0.3) is 5.69 Å². The summed E-state index contributed by atoms with van der Waals surface area (Å²) in [6.07, 6.45) is 3.53. The third-order valence-electron chi connectivity index (χ3n) is 7.62. The lowest BCUT2D eigenvalue weighted by molar-refractivity contribution is -0.384. The van der Waals surface area contributed by atoms with Crippen molar-refractivity contribution in [2.24, 2.45) is 11.8 Å². The second-order valence-electron chi connectivity index (χ2n) is 9.53. The van der Waals surface area contributed by atoms with Gasteiger partial charge in [-0.1, -0.05) is 48.5 Å². The Hall–Kier alpha value is -5.12. The quantitative estimate of drug-likeness (QED) is 0.163. The molecule has 0 radical (unpaired) electrons. The number of para-hydroxylation sites is 1. The number of nitro benzene ring substituents is 1. The Kier molecular flexibility index (Phi) is 5.60. The van der Waals surface area contributed by atoms with Gasteiger partial charge in [-0.25, -0.2) is 9.69 Å². The summed E-state index contributed by atoms with van der Waals surface area (Å²) in [6, 6.07) is 17.2. The summed E-state index contributed by atoms with van der Waals surface area (Å²) >= 11 is 0. The molecule has 10 heteroatoms. The highest BCUT2D eigenvalue weighted by Gasteiger charge is 2.64. The molecule has 3 aromatic rings. The highest BCUT2D eigenvalue weighted by Crippen LogP contribution is 2.54. The van der Waals surface area contributed by atoms with E-state index >= 15 is 0 Å². The monoisotopic (exact) mass is 523 g/mol. The fraction of sp³-hybridized carbons (Fsp3) is 0.172. The van der Waals surface area contributed by atoms with Crippen LogP contribution in [0.15, 0.2) is 79.0 Å². The highest BCUT2D eigenvalue weighted by molar-refractivity contribution is 6.26. The summed E-state index contributed by atoms with van der Waals surface area (Å²) in [6.45, 7) is 0. The number of carbonyl (C=O) groups is 4. The van der Waals surface area contributed by atoms with Crippen molar-refractivity contribution < 1.29 is 28.8 Å². The lowest BCUT2D eigenvalue weighted by Gasteiger charge is -2.35. The summed E-state index contributed by atoms with van der Waals surface area (Å²) in [4.78, 5) is 68.1. The number of esters is 1. The molecule has 3 heterocycles. The average Bonchev–Trinajstić information content (AvgIpc) is 3.44. The Balaban J connectivity index is 1.51. The van der Waals surface area contributed by atoms with E-state index in [1.54, 1.807) is 23.2 Å². The van der Waals surface area contributed by atoms with Gasteiger partial charge in [0.1, 0.15) is 6.04 Å². The van der Waals surface area contributed by atoms with E-state index in [1.807, 2.05) is 30.3 Å². The van der Waals surface area contributed by atoms with E-state index in [0.717, 1.165) is 16.0 Å². The van der Waals surface area contributed by atoms with E-state index in [0.29, 0.717) is 0 Å². The Morgan fingerprint density at radius 3 is 2.41 bits per heavy atom. The van der Waals surface area contributed by atoms with Gasteiger partial charge in [0.2, 0.25) is 11.8 Å². The second kappa shape index (κ2) is 9.02. The van der Waals surface area contributed by atoms with E-state index in [9.17, 15) is 29.3 Å². The molecule has 3 aliphatic heterocycles. The maximum Gasteiger partial charge on any atom is 0.339 e. The van der Waals surface area contributed by atoms with Crippen molar-refractivity contribution in [3.8, 4) is 0 Å². The zero-order chi connectivity index (χ0) is 27.4. The Labute approximate surface area is 222 Å². The third-order valence-corrected chi connectivity index (χ3v) is 7.62. The van der Waals surface area contributed by atoms with Gasteiger partial charge < -0.3 is 9.64 Å². The van der Waals surface area contributed by atoms with Crippen molar-refractivity contribution in [3.63, 3.8) is 0 Å². The number of methoxy groups -OCH3 is 1. The first kappa shape index (κ1) is 24.2. The molecule has 0 bridgehead atoms. The van der Waals surface area contributed by atoms with Gasteiger partial charge in [0, 0.05) is 23.9 Å². The van der Waals surface area contributed by atoms with E-state index in [-0.39, 0.29) is 22.5 Å². The molecule has 3 aliphatic rings. The van der Waals surface area contributed by atoms with E-state index in [2.05, 4.69) is 0 Å². The van der Waals surface area contributed by atoms with Crippen molar-refractivity contribution in [2.75, 3.05) is 12.0 Å². The van der Waals surface area contributed by atoms with Gasteiger partial charge in [-0.2, -0.15) is 0 Å². The molecule has 3 aromatic carbocycles. The predicted octanol–water partition coefficient (Wildman–Crippen LogP) is 3.78. The van der Waals surface area contributed by atoms with Crippen LogP contribution in [0.4, 0.5) is 11.4 Å². The largest absolute Gasteiger partial charge is 0.465 e. The van der Waals surface area contributed by atoms with Crippen molar-refractivity contribution >= 4 is 41.0 Å². The van der Waals surface area contributed by atoms with Crippen molar-refractivity contribution in [2.45, 2.75) is 12.1 Å². The highest BCUT2D eigenvalue weighted by atomic mass is 16.6. The molecule has 0 saturated carbocycles. The van der Waals surface area contributed by atoms with E-state index in [1.165, 1.54) is 43.5 Å². The number of hydrogen-bond donors (Lipinski definition) is 0. The topological polar surface area (TPSA) is 127 Å². The van der Waals surface area contributed by atoms with Crippen molar-refractivity contribution in [1.82, 2.24) is 4.90 Å². The minimum Gasteiger partial charge on any atom is -0.465 e. The van der Waals surface area contributed by atoms with Crippen LogP contribution in [0.25, 0.3) is 6.08 Å². The number of fused-ring (bicyclic) bond motifs is 5. The van der Waals surface area contributed by atoms with Crippen LogP contribution in [0.1, 0.15) is 37.9 Å². The fourth-order valence-electron chi connectivity index (χ4n) is 5.99. The lowest BCUT2D eigenvalue weighted by Crippen LogP contribution is -2.44. The molecule has 2 saturated heterocycles. The molecule has 6 rings (SSSR count). The SMILES string of the molecule is COC(=O)c1ccccc1N1C(=O)[C@@H]2[C@H](C1=O)[C@H]1c3ccccc3C=CN1[C@H]2C(=O)c1cccc([N+](=O)[O-])c1. The van der Waals surface area contributed by atoms with Gasteiger partial charge in [-0.15, -0.1) is 0 Å². The zero-order valence-electron chi connectivity index (χ0n) is 20.6. The van der Waals surface area contributed by atoms with Crippen molar-refractivity contribution in [1.29, 1.82) is 0 Å². The Morgan fingerprint density at radius 2 is 1.64 bits per heavy atom. The van der Waals surface area contributed by atoms with Gasteiger partial charge in [-0.05, 0) is 29.3 Å². The molecule has 2 fully saturated rings. The molecule has 0 aromatic heterocycles. The summed E-state index contributed by atoms with van der Waals surface area (Å²) in [5, 5.41) is 11.4. The predicted molar refractivity (Wildman–Crippen MR) is 139 cm³/mol. The number of anilines is 1. The number of ether oxygens (including phenoxy) is 1. The number of nitrogens with zero attached hydrogens (tertiary/aromatic N) is 3. The molecule has 0 unspecified atom stereocenters. The normalized spacial score (nSPS) is 22.8. The van der Waals surface area contributed by atoms with Gasteiger partial charge in [0.05, 0.1) is 41.2 Å². The Morgan fingerprint density at radius 1 is 0.923 bits per heavy atom. The first-order chi connectivity index (χ1) is 18.8. The van der Waals surface area contributed by atoms with Crippen LogP contribution in [0.3, 0.4) is 0 Å². The number of nitro groups is 1. The molecule has 0 spiro atoms. The summed E-state index contributed by atoms with van der Waals surface area (Å²) < 4.78 is 4.87. The van der Waals surface area contributed by atoms with Crippen LogP contribution >= 0.6 is 0 Å². The summed E-state index contributed by atoms with van der Waals surface area (Å²) in [5.41, 5.74) is 1.58. The number of hydrogen-bond acceptors (Lipinski definition) is 8. The summed E-state index contributed by atoms with van der Waals surface area (Å²) in [5.74, 6) is -4.39. The van der Waals surface area contributed by atoms with Crippen LogP contribution in [0.2, 0.25) is 0 Å². The maximum atomic E-state index is 14.1. The third kappa shape index (κ3) is 3.56. The zero-order valence-corrected chi connectivity index (χ0v) is 20.6. The molecular formula is C29H21N3O7. The number of benzene rings is 3. The number of rotatable bonds is 5. The minimum atomic E-state index is -1.10. The standard InChI is InChI=1S/C29H21N3O7/c1-39-29(36)20-11-4-5-12-21(20)31-27(34)22-23(28(31)35)25(26(33)17-8-6-9-18(15-17)32(37)38)30-14-13-16-7-2-3-10-19(16)24(22)30/h2-15,22-25H,1H3/t22-,23+,24+,25+/m0/s1. The lowest BCUT2D eigenvalue weighted by atomic mass is 9.83. The summed E-state index contributed by atoms with van der Waals surface area (Å²) in [7, 11) is 1.21. The molecule has 0 aliphatic carbocycles. The van der Waals surface area contributed by atoms with E-state index < -0.39 is 52.4 Å². The number of non-ortho nitro benzene ring substituents is 1. The molecule has 39 heavy (non-hydrogen) atoms. The van der Waals surface area contributed by atoms with Gasteiger partial charge in [0.15, 0.2) is 5.78 Å². The molecule has 0 N–H and O–H groups in total. The molecule has 4 atom stereocenters. The number of imide groups is 1. The molecule has 2 amide bonds. The number of ketones is 1. The van der Waals surface area contributed by atoms with Crippen molar-refractivity contribution in [3.05, 3.63) is 111 Å². The second-order valence-corrected chi connectivity index (χ2v) is 9.53.